The first-order valence-corrected chi connectivity index (χ1v) is 8.84. The van der Waals surface area contributed by atoms with Crippen molar-refractivity contribution < 1.29 is 24.6 Å². The summed E-state index contributed by atoms with van der Waals surface area (Å²) in [5, 5.41) is 34.0. The van der Waals surface area contributed by atoms with Crippen LogP contribution in [0.4, 0.5) is 11.4 Å². The van der Waals surface area contributed by atoms with Gasteiger partial charge in [-0.1, -0.05) is 42.5 Å². The number of hydroxylamine groups is 2. The molecule has 1 unspecified atom stereocenters. The lowest BCUT2D eigenvalue weighted by atomic mass is 10.0. The van der Waals surface area contributed by atoms with Gasteiger partial charge in [0.2, 0.25) is 0 Å². The third kappa shape index (κ3) is 3.89. The number of carbonyl (C=O) groups excluding carboxylic acids is 1. The monoisotopic (exact) mass is 411 g/mol. The van der Waals surface area contributed by atoms with Gasteiger partial charge in [0.15, 0.2) is 17.8 Å². The van der Waals surface area contributed by atoms with Crippen LogP contribution in [0.5, 0.6) is 5.75 Å². The van der Waals surface area contributed by atoms with Gasteiger partial charge in [-0.25, -0.2) is 0 Å². The number of non-ortho nitro benzene ring substituents is 1. The van der Waals surface area contributed by atoms with Gasteiger partial charge in [0.25, 0.3) is 5.69 Å². The van der Waals surface area contributed by atoms with Gasteiger partial charge in [-0.05, 0) is 6.92 Å². The highest BCUT2D eigenvalue weighted by Crippen LogP contribution is 2.39. The summed E-state index contributed by atoms with van der Waals surface area (Å²) in [7, 11) is 0. The SMILES string of the molecule is C/C=C/C1C(C=O)=C(c2ccccc2)ON1Cc1cc([N+](=O)[O-])cc([N+](=O)[O-])c1O. The molecule has 0 bridgehead atoms. The molecule has 154 valence electrons. The molecule has 1 atom stereocenters. The number of hydrogen-bond acceptors (Lipinski definition) is 8. The number of nitro groups is 2. The molecule has 10 heteroatoms. The van der Waals surface area contributed by atoms with E-state index in [4.69, 9.17) is 4.84 Å². The molecule has 0 saturated heterocycles. The topological polar surface area (TPSA) is 136 Å². The summed E-state index contributed by atoms with van der Waals surface area (Å²) in [6, 6.07) is 9.95. The average Bonchev–Trinajstić information content (AvgIpc) is 3.07. The first kappa shape index (κ1) is 20.7. The van der Waals surface area contributed by atoms with Crippen molar-refractivity contribution in [2.24, 2.45) is 0 Å². The number of allylic oxidation sites excluding steroid dienone is 1. The molecule has 0 saturated carbocycles. The second kappa shape index (κ2) is 8.53. The predicted molar refractivity (Wildman–Crippen MR) is 106 cm³/mol. The van der Waals surface area contributed by atoms with Gasteiger partial charge in [0.1, 0.15) is 0 Å². The zero-order valence-corrected chi connectivity index (χ0v) is 15.8. The second-order valence-corrected chi connectivity index (χ2v) is 6.39. The van der Waals surface area contributed by atoms with Crippen LogP contribution in [-0.2, 0) is 16.2 Å². The Hall–Kier alpha value is -4.05. The molecule has 10 nitrogen and oxygen atoms in total. The van der Waals surface area contributed by atoms with Gasteiger partial charge in [0.05, 0.1) is 34.1 Å². The standard InChI is InChI=1S/C20H17N3O7/c1-2-6-17-16(12-24)20(13-7-4-3-5-8-13)30-21(17)11-14-9-15(22(26)27)10-18(19(14)25)23(28)29/h2-10,12,17,25H,11H2,1H3/b6-2+. The van der Waals surface area contributed by atoms with Crippen LogP contribution in [0.3, 0.4) is 0 Å². The van der Waals surface area contributed by atoms with Crippen molar-refractivity contribution >= 4 is 23.4 Å². The van der Waals surface area contributed by atoms with Crippen LogP contribution in [-0.4, -0.2) is 32.3 Å². The lowest BCUT2D eigenvalue weighted by molar-refractivity contribution is -0.394. The number of phenols is 1. The molecule has 2 aromatic rings. The van der Waals surface area contributed by atoms with E-state index in [1.807, 2.05) is 0 Å². The van der Waals surface area contributed by atoms with Crippen LogP contribution in [0.25, 0.3) is 5.76 Å². The number of rotatable bonds is 7. The summed E-state index contributed by atoms with van der Waals surface area (Å²) in [4.78, 5) is 38.3. The predicted octanol–water partition coefficient (Wildman–Crippen LogP) is 3.51. The highest BCUT2D eigenvalue weighted by atomic mass is 16.7. The van der Waals surface area contributed by atoms with Crippen LogP contribution in [0.2, 0.25) is 0 Å². The molecule has 0 radical (unpaired) electrons. The zero-order chi connectivity index (χ0) is 21.8. The summed E-state index contributed by atoms with van der Waals surface area (Å²) in [6.07, 6.45) is 4.04. The summed E-state index contributed by atoms with van der Waals surface area (Å²) in [5.74, 6) is -0.401. The Morgan fingerprint density at radius 2 is 1.87 bits per heavy atom. The van der Waals surface area contributed by atoms with Crippen LogP contribution >= 0.6 is 0 Å². The molecule has 0 aliphatic carbocycles. The Labute approximate surface area is 170 Å². The first-order chi connectivity index (χ1) is 14.4. The van der Waals surface area contributed by atoms with Crippen molar-refractivity contribution in [3.8, 4) is 5.75 Å². The van der Waals surface area contributed by atoms with Gasteiger partial charge < -0.3 is 9.94 Å². The summed E-state index contributed by atoms with van der Waals surface area (Å²) >= 11 is 0. The van der Waals surface area contributed by atoms with Crippen molar-refractivity contribution in [2.75, 3.05) is 0 Å². The number of nitrogens with zero attached hydrogens (tertiary/aromatic N) is 3. The minimum Gasteiger partial charge on any atom is -0.502 e. The molecule has 3 rings (SSSR count). The number of aromatic hydroxyl groups is 1. The zero-order valence-electron chi connectivity index (χ0n) is 15.8. The van der Waals surface area contributed by atoms with Crippen LogP contribution < -0.4 is 0 Å². The van der Waals surface area contributed by atoms with Gasteiger partial charge in [-0.3, -0.25) is 25.0 Å². The lowest BCUT2D eigenvalue weighted by Gasteiger charge is -2.22. The van der Waals surface area contributed by atoms with Gasteiger partial charge in [-0.15, -0.1) is 5.06 Å². The van der Waals surface area contributed by atoms with E-state index in [0.29, 0.717) is 29.2 Å². The number of hydrogen-bond donors (Lipinski definition) is 1. The minimum atomic E-state index is -0.898. The van der Waals surface area contributed by atoms with E-state index in [9.17, 15) is 30.1 Å². The number of phenolic OH excluding ortho intramolecular Hbond substituents is 1. The van der Waals surface area contributed by atoms with Crippen molar-refractivity contribution in [3.63, 3.8) is 0 Å². The molecular weight excluding hydrogens is 394 g/mol. The van der Waals surface area contributed by atoms with Crippen LogP contribution in [0, 0.1) is 20.2 Å². The Balaban J connectivity index is 2.04. The Bertz CT molecular complexity index is 1060. The smallest absolute Gasteiger partial charge is 0.317 e. The number of benzene rings is 2. The molecule has 0 amide bonds. The van der Waals surface area contributed by atoms with E-state index in [0.717, 1.165) is 6.07 Å². The molecule has 1 aliphatic rings. The summed E-state index contributed by atoms with van der Waals surface area (Å²) in [6.45, 7) is 1.51. The van der Waals surface area contributed by atoms with Crippen molar-refractivity contribution in [2.45, 2.75) is 19.5 Å². The third-order valence-electron chi connectivity index (χ3n) is 4.52. The molecule has 1 N–H and O–H groups in total. The Morgan fingerprint density at radius 1 is 1.17 bits per heavy atom. The minimum absolute atomic E-state index is 0.0787. The number of aldehydes is 1. The molecule has 1 heterocycles. The molecule has 2 aromatic carbocycles. The van der Waals surface area contributed by atoms with E-state index in [1.165, 1.54) is 5.06 Å². The maximum absolute atomic E-state index is 11.8. The maximum atomic E-state index is 11.8. The van der Waals surface area contributed by atoms with Gasteiger partial charge in [-0.2, -0.15) is 0 Å². The Morgan fingerprint density at radius 3 is 2.43 bits per heavy atom. The Kier molecular flexibility index (Phi) is 5.88. The highest BCUT2D eigenvalue weighted by Gasteiger charge is 2.35. The van der Waals surface area contributed by atoms with Crippen LogP contribution in [0.1, 0.15) is 18.1 Å². The fourth-order valence-corrected chi connectivity index (χ4v) is 3.16. The van der Waals surface area contributed by atoms with E-state index < -0.39 is 33.0 Å². The van der Waals surface area contributed by atoms with Crippen LogP contribution in [0.15, 0.2) is 60.2 Å². The molecule has 0 aromatic heterocycles. The molecular formula is C20H17N3O7. The van der Waals surface area contributed by atoms with Crippen molar-refractivity contribution in [1.29, 1.82) is 0 Å². The molecule has 30 heavy (non-hydrogen) atoms. The summed E-state index contributed by atoms with van der Waals surface area (Å²) < 4.78 is 0. The molecule has 0 spiro atoms. The fourth-order valence-electron chi connectivity index (χ4n) is 3.16. The number of carbonyl (C=O) groups is 1. The second-order valence-electron chi connectivity index (χ2n) is 6.39. The first-order valence-electron chi connectivity index (χ1n) is 8.84. The third-order valence-corrected chi connectivity index (χ3v) is 4.52. The lowest BCUT2D eigenvalue weighted by Crippen LogP contribution is -2.29. The highest BCUT2D eigenvalue weighted by molar-refractivity contribution is 5.89. The quantitative estimate of drug-likeness (QED) is 0.316. The van der Waals surface area contributed by atoms with Crippen molar-refractivity contribution in [3.05, 3.63) is 91.5 Å². The van der Waals surface area contributed by atoms with Crippen molar-refractivity contribution in [1.82, 2.24) is 5.06 Å². The average molecular weight is 411 g/mol. The molecule has 0 fully saturated rings. The van der Waals surface area contributed by atoms with E-state index in [1.54, 1.807) is 49.4 Å². The largest absolute Gasteiger partial charge is 0.502 e. The molecule has 1 aliphatic heterocycles. The fraction of sp³-hybridized carbons (Fsp3) is 0.150. The number of nitro benzene ring substituents is 2. The normalized spacial score (nSPS) is 16.6. The van der Waals surface area contributed by atoms with E-state index in [-0.39, 0.29) is 12.1 Å². The van der Waals surface area contributed by atoms with Gasteiger partial charge in [0, 0.05) is 17.2 Å². The maximum Gasteiger partial charge on any atom is 0.317 e. The van der Waals surface area contributed by atoms with E-state index in [2.05, 4.69) is 0 Å². The van der Waals surface area contributed by atoms with Gasteiger partial charge >= 0.3 is 5.69 Å². The summed E-state index contributed by atoms with van der Waals surface area (Å²) in [5.41, 5.74) is -0.439. The van der Waals surface area contributed by atoms with E-state index >= 15 is 0 Å².